The Labute approximate surface area is 208 Å². The monoisotopic (exact) mass is 506 g/mol. The summed E-state index contributed by atoms with van der Waals surface area (Å²) in [5.41, 5.74) is 5.73. The molecule has 2 aliphatic rings. The van der Waals surface area contributed by atoms with Crippen LogP contribution >= 0.6 is 0 Å². The summed E-state index contributed by atoms with van der Waals surface area (Å²) in [4.78, 5) is 28.8. The van der Waals surface area contributed by atoms with E-state index in [1.165, 1.54) is 24.4 Å². The lowest BCUT2D eigenvalue weighted by Crippen LogP contribution is -2.42. The molecule has 3 N–H and O–H groups in total. The summed E-state index contributed by atoms with van der Waals surface area (Å²) in [7, 11) is 0. The molecule has 196 valence electrons. The first kappa shape index (κ1) is 27.4. The predicted molar refractivity (Wildman–Crippen MR) is 129 cm³/mol. The molecule has 0 radical (unpaired) electrons. The molecule has 2 aliphatic heterocycles. The van der Waals surface area contributed by atoms with Crippen molar-refractivity contribution in [2.24, 2.45) is 5.73 Å². The van der Waals surface area contributed by atoms with Crippen LogP contribution < -0.4 is 15.8 Å². The fraction of sp³-hybridized carbons (Fsp3) is 0.480. The fourth-order valence-electron chi connectivity index (χ4n) is 3.84. The van der Waals surface area contributed by atoms with E-state index < -0.39 is 23.6 Å². The number of primary amides is 1. The molecule has 0 saturated carbocycles. The molecule has 0 spiro atoms. The Kier molecular flexibility index (Phi) is 10.1. The van der Waals surface area contributed by atoms with Crippen LogP contribution in [0.1, 0.15) is 37.2 Å². The lowest BCUT2D eigenvalue weighted by atomic mass is 10.2. The molecule has 2 amide bonds. The molecule has 1 aromatic carbocycles. The Morgan fingerprint density at radius 2 is 2.03 bits per heavy atom. The van der Waals surface area contributed by atoms with E-state index in [9.17, 15) is 18.4 Å². The highest BCUT2D eigenvalue weighted by molar-refractivity contribution is 5.96. The average Bonchev–Trinajstić information content (AvgIpc) is 3.29. The standard InChI is InChI=1S/C13H17F2NO2.C12H15N3O3/c1-10-9-16(5-7-17-10)6-8-18-12-4-2-3-11(14)13(12)15;1-7-2-3-10(18-7)12(17)15-8-4-5-14-9(6-8)11(13)16/h2-4,10H,5-9H2,1H3;4-7,10H,2-3H2,1H3,(H2,13,16)(H,14,15,17). The van der Waals surface area contributed by atoms with Gasteiger partial charge in [-0.2, -0.15) is 4.39 Å². The number of anilines is 1. The average molecular weight is 507 g/mol. The maximum Gasteiger partial charge on any atom is 0.267 e. The summed E-state index contributed by atoms with van der Waals surface area (Å²) in [6, 6.07) is 6.98. The number of morpholine rings is 1. The maximum absolute atomic E-state index is 13.3. The van der Waals surface area contributed by atoms with Crippen molar-refractivity contribution in [3.63, 3.8) is 0 Å². The van der Waals surface area contributed by atoms with Crippen molar-refractivity contribution in [1.29, 1.82) is 0 Å². The second-order valence-electron chi connectivity index (χ2n) is 8.68. The molecule has 1 aromatic heterocycles. The van der Waals surface area contributed by atoms with Crippen LogP contribution in [0.3, 0.4) is 0 Å². The van der Waals surface area contributed by atoms with Gasteiger partial charge in [0, 0.05) is 31.5 Å². The number of carbonyl (C=O) groups is 2. The number of nitrogens with zero attached hydrogens (tertiary/aromatic N) is 2. The maximum atomic E-state index is 13.3. The third-order valence-electron chi connectivity index (χ3n) is 5.71. The van der Waals surface area contributed by atoms with Gasteiger partial charge in [0.15, 0.2) is 11.6 Å². The van der Waals surface area contributed by atoms with Gasteiger partial charge < -0.3 is 25.3 Å². The predicted octanol–water partition coefficient (Wildman–Crippen LogP) is 2.75. The highest BCUT2D eigenvalue weighted by atomic mass is 19.2. The van der Waals surface area contributed by atoms with Crippen LogP contribution in [-0.4, -0.2) is 72.9 Å². The summed E-state index contributed by atoms with van der Waals surface area (Å²) >= 11 is 0. The number of pyridine rings is 1. The Hall–Kier alpha value is -3.15. The molecule has 36 heavy (non-hydrogen) atoms. The largest absolute Gasteiger partial charge is 0.489 e. The van der Waals surface area contributed by atoms with Gasteiger partial charge in [-0.1, -0.05) is 6.07 Å². The van der Waals surface area contributed by atoms with Crippen molar-refractivity contribution in [3.8, 4) is 5.75 Å². The molecule has 0 bridgehead atoms. The Morgan fingerprint density at radius 1 is 1.22 bits per heavy atom. The Balaban J connectivity index is 0.000000201. The van der Waals surface area contributed by atoms with Gasteiger partial charge in [0.2, 0.25) is 5.82 Å². The van der Waals surface area contributed by atoms with Crippen molar-refractivity contribution in [2.75, 3.05) is 38.2 Å². The van der Waals surface area contributed by atoms with Crippen molar-refractivity contribution in [2.45, 2.75) is 45.0 Å². The third-order valence-corrected chi connectivity index (χ3v) is 5.71. The summed E-state index contributed by atoms with van der Waals surface area (Å²) in [6.07, 6.45) is 2.91. The van der Waals surface area contributed by atoms with Crippen molar-refractivity contribution in [3.05, 3.63) is 53.9 Å². The van der Waals surface area contributed by atoms with E-state index in [4.69, 9.17) is 19.9 Å². The quantitative estimate of drug-likeness (QED) is 0.593. The van der Waals surface area contributed by atoms with Gasteiger partial charge in [-0.05, 0) is 51.0 Å². The molecule has 2 aromatic rings. The number of aromatic nitrogens is 1. The van der Waals surface area contributed by atoms with Gasteiger partial charge in [0.05, 0.1) is 18.8 Å². The second kappa shape index (κ2) is 13.2. The summed E-state index contributed by atoms with van der Waals surface area (Å²) in [6.45, 7) is 7.37. The normalized spacial score (nSPS) is 21.8. The minimum Gasteiger partial charge on any atom is -0.489 e. The van der Waals surface area contributed by atoms with E-state index in [-0.39, 0.29) is 29.6 Å². The van der Waals surface area contributed by atoms with Gasteiger partial charge >= 0.3 is 0 Å². The number of ether oxygens (including phenoxy) is 3. The first-order valence-electron chi connectivity index (χ1n) is 11.9. The highest BCUT2D eigenvalue weighted by Crippen LogP contribution is 2.21. The second-order valence-corrected chi connectivity index (χ2v) is 8.68. The molecule has 0 aliphatic carbocycles. The summed E-state index contributed by atoms with van der Waals surface area (Å²) in [5, 5.41) is 2.69. The van der Waals surface area contributed by atoms with Gasteiger partial charge in [-0.15, -0.1) is 0 Å². The van der Waals surface area contributed by atoms with E-state index in [2.05, 4.69) is 15.2 Å². The van der Waals surface area contributed by atoms with Crippen LogP contribution in [0.5, 0.6) is 5.75 Å². The molecule has 2 saturated heterocycles. The zero-order chi connectivity index (χ0) is 26.1. The van der Waals surface area contributed by atoms with Crippen molar-refractivity contribution in [1.82, 2.24) is 9.88 Å². The van der Waals surface area contributed by atoms with Crippen LogP contribution in [0.15, 0.2) is 36.5 Å². The molecule has 11 heteroatoms. The van der Waals surface area contributed by atoms with E-state index in [1.54, 1.807) is 6.07 Å². The van der Waals surface area contributed by atoms with Gasteiger partial charge in [-0.25, -0.2) is 4.39 Å². The third kappa shape index (κ3) is 8.21. The summed E-state index contributed by atoms with van der Waals surface area (Å²) in [5.74, 6) is -2.67. The number of carbonyl (C=O) groups excluding carboxylic acids is 2. The molecular formula is C25H32F2N4O5. The number of hydrogen-bond donors (Lipinski definition) is 2. The lowest BCUT2D eigenvalue weighted by molar-refractivity contribution is -0.126. The Morgan fingerprint density at radius 3 is 2.72 bits per heavy atom. The van der Waals surface area contributed by atoms with Crippen LogP contribution in [0, 0.1) is 11.6 Å². The number of benzene rings is 1. The summed E-state index contributed by atoms with van der Waals surface area (Å²) < 4.78 is 42.4. The number of nitrogens with two attached hydrogens (primary N) is 1. The van der Waals surface area contributed by atoms with Gasteiger partial charge in [0.25, 0.3) is 11.8 Å². The molecule has 3 unspecified atom stereocenters. The first-order chi connectivity index (χ1) is 17.2. The van der Waals surface area contributed by atoms with Crippen molar-refractivity contribution < 1.29 is 32.6 Å². The van der Waals surface area contributed by atoms with Crippen LogP contribution in [-0.2, 0) is 14.3 Å². The number of rotatable bonds is 7. The molecule has 3 heterocycles. The van der Waals surface area contributed by atoms with E-state index in [1.807, 2.05) is 13.8 Å². The van der Waals surface area contributed by atoms with Gasteiger partial charge in [0.1, 0.15) is 18.4 Å². The zero-order valence-corrected chi connectivity index (χ0v) is 20.4. The minimum absolute atomic E-state index is 0.0312. The number of amides is 2. The van der Waals surface area contributed by atoms with Crippen molar-refractivity contribution >= 4 is 17.5 Å². The first-order valence-corrected chi connectivity index (χ1v) is 11.9. The zero-order valence-electron chi connectivity index (χ0n) is 20.4. The van der Waals surface area contributed by atoms with E-state index >= 15 is 0 Å². The molecule has 9 nitrogen and oxygen atoms in total. The topological polar surface area (TPSA) is 116 Å². The number of halogens is 2. The SMILES string of the molecule is CC1CCC(C(=O)Nc2ccnc(C(N)=O)c2)O1.CC1CN(CCOc2cccc(F)c2F)CCO1. The highest BCUT2D eigenvalue weighted by Gasteiger charge is 2.28. The Bertz CT molecular complexity index is 1040. The number of hydrogen-bond acceptors (Lipinski definition) is 7. The number of nitrogens with one attached hydrogen (secondary N) is 1. The lowest BCUT2D eigenvalue weighted by Gasteiger charge is -2.30. The smallest absolute Gasteiger partial charge is 0.267 e. The van der Waals surface area contributed by atoms with E-state index in [0.717, 1.165) is 25.6 Å². The molecule has 4 rings (SSSR count). The molecule has 2 fully saturated rings. The van der Waals surface area contributed by atoms with Crippen LogP contribution in [0.2, 0.25) is 0 Å². The van der Waals surface area contributed by atoms with Crippen LogP contribution in [0.25, 0.3) is 0 Å². The van der Waals surface area contributed by atoms with E-state index in [0.29, 0.717) is 31.9 Å². The van der Waals surface area contributed by atoms with Crippen LogP contribution in [0.4, 0.5) is 14.5 Å². The fourth-order valence-corrected chi connectivity index (χ4v) is 3.84. The van der Waals surface area contributed by atoms with Gasteiger partial charge in [-0.3, -0.25) is 19.5 Å². The molecule has 3 atom stereocenters. The molecular weight excluding hydrogens is 474 g/mol. The minimum atomic E-state index is -0.923.